The zero-order valence-corrected chi connectivity index (χ0v) is 10.7. The molecule has 2 atom stereocenters. The van der Waals surface area contributed by atoms with Crippen molar-refractivity contribution in [3.05, 3.63) is 35.4 Å². The molecule has 19 heavy (non-hydrogen) atoms. The number of carbonyl (C=O) groups is 1. The molecule has 1 saturated carbocycles. The maximum Gasteiger partial charge on any atom is 0.224 e. The Bertz CT molecular complexity index is 465. The zero-order valence-electron chi connectivity index (χ0n) is 10.7. The van der Waals surface area contributed by atoms with E-state index in [4.69, 9.17) is 5.73 Å². The molecule has 2 rings (SSSR count). The molecule has 0 bridgehead atoms. The Balaban J connectivity index is 1.91. The number of rotatable bonds is 3. The molecule has 1 aliphatic rings. The van der Waals surface area contributed by atoms with Gasteiger partial charge in [0.25, 0.3) is 0 Å². The van der Waals surface area contributed by atoms with Gasteiger partial charge in [0.1, 0.15) is 0 Å². The van der Waals surface area contributed by atoms with Crippen LogP contribution in [0.25, 0.3) is 0 Å². The molecule has 104 valence electrons. The second-order valence-corrected chi connectivity index (χ2v) is 5.05. The fourth-order valence-corrected chi connectivity index (χ4v) is 2.43. The maximum atomic E-state index is 13.0. The van der Waals surface area contributed by atoms with Crippen molar-refractivity contribution in [1.82, 2.24) is 5.32 Å². The summed E-state index contributed by atoms with van der Waals surface area (Å²) in [6.07, 6.45) is 3.99. The summed E-state index contributed by atoms with van der Waals surface area (Å²) < 4.78 is 25.8. The summed E-state index contributed by atoms with van der Waals surface area (Å²) in [5.41, 5.74) is 6.40. The van der Waals surface area contributed by atoms with Gasteiger partial charge in [0.2, 0.25) is 5.91 Å². The van der Waals surface area contributed by atoms with E-state index in [1.54, 1.807) is 0 Å². The summed E-state index contributed by atoms with van der Waals surface area (Å²) in [4.78, 5) is 11.8. The average molecular weight is 268 g/mol. The van der Waals surface area contributed by atoms with Gasteiger partial charge in [-0.25, -0.2) is 8.78 Å². The molecule has 0 unspecified atom stereocenters. The topological polar surface area (TPSA) is 55.1 Å². The van der Waals surface area contributed by atoms with Crippen LogP contribution in [0, 0.1) is 11.6 Å². The lowest BCUT2D eigenvalue weighted by molar-refractivity contribution is -0.121. The molecule has 0 spiro atoms. The highest BCUT2D eigenvalue weighted by Gasteiger charge is 2.23. The van der Waals surface area contributed by atoms with Crippen molar-refractivity contribution in [2.45, 2.75) is 44.2 Å². The molecule has 0 saturated heterocycles. The van der Waals surface area contributed by atoms with Gasteiger partial charge >= 0.3 is 0 Å². The first-order valence-corrected chi connectivity index (χ1v) is 6.55. The number of benzene rings is 1. The summed E-state index contributed by atoms with van der Waals surface area (Å²) in [6, 6.07) is 3.48. The van der Waals surface area contributed by atoms with E-state index < -0.39 is 11.6 Å². The number of carbonyl (C=O) groups excluding carboxylic acids is 1. The van der Waals surface area contributed by atoms with Gasteiger partial charge in [0.05, 0.1) is 6.42 Å². The van der Waals surface area contributed by atoms with E-state index in [9.17, 15) is 13.6 Å². The van der Waals surface area contributed by atoms with Gasteiger partial charge in [-0.1, -0.05) is 18.9 Å². The normalized spacial score (nSPS) is 23.1. The first-order valence-electron chi connectivity index (χ1n) is 6.55. The predicted octanol–water partition coefficient (Wildman–Crippen LogP) is 1.89. The van der Waals surface area contributed by atoms with Crippen LogP contribution in [0.15, 0.2) is 18.2 Å². The Hall–Kier alpha value is -1.49. The fraction of sp³-hybridized carbons (Fsp3) is 0.500. The van der Waals surface area contributed by atoms with E-state index in [1.165, 1.54) is 6.07 Å². The minimum Gasteiger partial charge on any atom is -0.352 e. The minimum atomic E-state index is -0.931. The first-order chi connectivity index (χ1) is 9.06. The second kappa shape index (κ2) is 6.10. The highest BCUT2D eigenvalue weighted by molar-refractivity contribution is 5.78. The molecule has 0 heterocycles. The molecule has 0 aromatic heterocycles. The molecule has 0 radical (unpaired) electrons. The Morgan fingerprint density at radius 2 is 2.00 bits per heavy atom. The molecule has 1 aromatic rings. The Kier molecular flexibility index (Phi) is 4.47. The van der Waals surface area contributed by atoms with Crippen molar-refractivity contribution in [3.8, 4) is 0 Å². The van der Waals surface area contributed by atoms with E-state index in [2.05, 4.69) is 5.32 Å². The van der Waals surface area contributed by atoms with Gasteiger partial charge in [-0.05, 0) is 30.5 Å². The maximum absolute atomic E-state index is 13.0. The lowest BCUT2D eigenvalue weighted by Crippen LogP contribution is -2.49. The lowest BCUT2D eigenvalue weighted by atomic mass is 9.91. The van der Waals surface area contributed by atoms with Crippen molar-refractivity contribution in [2.75, 3.05) is 0 Å². The first kappa shape index (κ1) is 13.9. The van der Waals surface area contributed by atoms with Crippen LogP contribution in [0.2, 0.25) is 0 Å². The fourth-order valence-electron chi connectivity index (χ4n) is 2.43. The van der Waals surface area contributed by atoms with E-state index in [-0.39, 0.29) is 24.4 Å². The monoisotopic (exact) mass is 268 g/mol. The van der Waals surface area contributed by atoms with Crippen LogP contribution in [0.3, 0.4) is 0 Å². The number of hydrogen-bond acceptors (Lipinski definition) is 2. The highest BCUT2D eigenvalue weighted by atomic mass is 19.2. The number of halogens is 2. The molecular weight excluding hydrogens is 250 g/mol. The van der Waals surface area contributed by atoms with Crippen LogP contribution in [-0.4, -0.2) is 18.0 Å². The number of hydrogen-bond donors (Lipinski definition) is 2. The van der Waals surface area contributed by atoms with Crippen LogP contribution in [0.4, 0.5) is 8.78 Å². The summed E-state index contributed by atoms with van der Waals surface area (Å²) in [5.74, 6) is -2.04. The second-order valence-electron chi connectivity index (χ2n) is 5.05. The smallest absolute Gasteiger partial charge is 0.224 e. The van der Waals surface area contributed by atoms with Crippen molar-refractivity contribution < 1.29 is 13.6 Å². The predicted molar refractivity (Wildman–Crippen MR) is 68.4 cm³/mol. The SMILES string of the molecule is N[C@@H]1CCCC[C@H]1NC(=O)Cc1ccc(F)c(F)c1. The van der Waals surface area contributed by atoms with E-state index in [0.29, 0.717) is 5.56 Å². The summed E-state index contributed by atoms with van der Waals surface area (Å²) in [7, 11) is 0. The van der Waals surface area contributed by atoms with Gasteiger partial charge in [0, 0.05) is 12.1 Å². The highest BCUT2D eigenvalue weighted by Crippen LogP contribution is 2.17. The average Bonchev–Trinajstić information content (AvgIpc) is 2.37. The Morgan fingerprint density at radius 3 is 2.68 bits per heavy atom. The van der Waals surface area contributed by atoms with E-state index in [0.717, 1.165) is 37.8 Å². The van der Waals surface area contributed by atoms with Gasteiger partial charge < -0.3 is 11.1 Å². The summed E-state index contributed by atoms with van der Waals surface area (Å²) >= 11 is 0. The summed E-state index contributed by atoms with van der Waals surface area (Å²) in [5, 5.41) is 2.87. The quantitative estimate of drug-likeness (QED) is 0.879. The van der Waals surface area contributed by atoms with Gasteiger partial charge in [-0.3, -0.25) is 4.79 Å². The number of nitrogens with two attached hydrogens (primary N) is 1. The molecule has 1 fully saturated rings. The van der Waals surface area contributed by atoms with Crippen LogP contribution >= 0.6 is 0 Å². The van der Waals surface area contributed by atoms with Gasteiger partial charge in [-0.15, -0.1) is 0 Å². The van der Waals surface area contributed by atoms with Crippen molar-refractivity contribution in [3.63, 3.8) is 0 Å². The minimum absolute atomic E-state index is 0.00783. The Labute approximate surface area is 111 Å². The van der Waals surface area contributed by atoms with Crippen molar-refractivity contribution >= 4 is 5.91 Å². The van der Waals surface area contributed by atoms with Crippen LogP contribution in [0.5, 0.6) is 0 Å². The van der Waals surface area contributed by atoms with Gasteiger partial charge in [-0.2, -0.15) is 0 Å². The Morgan fingerprint density at radius 1 is 1.26 bits per heavy atom. The van der Waals surface area contributed by atoms with E-state index >= 15 is 0 Å². The molecule has 0 aliphatic heterocycles. The molecule has 1 aliphatic carbocycles. The number of nitrogens with one attached hydrogen (secondary N) is 1. The summed E-state index contributed by atoms with van der Waals surface area (Å²) in [6.45, 7) is 0. The lowest BCUT2D eigenvalue weighted by Gasteiger charge is -2.29. The van der Waals surface area contributed by atoms with E-state index in [1.807, 2.05) is 0 Å². The van der Waals surface area contributed by atoms with Crippen LogP contribution in [-0.2, 0) is 11.2 Å². The molecule has 3 N–H and O–H groups in total. The third-order valence-electron chi connectivity index (χ3n) is 3.51. The third-order valence-corrected chi connectivity index (χ3v) is 3.51. The van der Waals surface area contributed by atoms with Crippen molar-refractivity contribution in [2.24, 2.45) is 5.73 Å². The molecule has 1 amide bonds. The van der Waals surface area contributed by atoms with Crippen LogP contribution < -0.4 is 11.1 Å². The van der Waals surface area contributed by atoms with Crippen LogP contribution in [0.1, 0.15) is 31.2 Å². The number of amides is 1. The largest absolute Gasteiger partial charge is 0.352 e. The van der Waals surface area contributed by atoms with Crippen molar-refractivity contribution in [1.29, 1.82) is 0 Å². The zero-order chi connectivity index (χ0) is 13.8. The molecular formula is C14H18F2N2O. The molecule has 1 aromatic carbocycles. The third kappa shape index (κ3) is 3.73. The van der Waals surface area contributed by atoms with Gasteiger partial charge in [0.15, 0.2) is 11.6 Å². The molecule has 5 heteroatoms. The standard InChI is InChI=1S/C14H18F2N2O/c15-10-6-5-9(7-11(10)16)8-14(19)18-13-4-2-1-3-12(13)17/h5-7,12-13H,1-4,8,17H2,(H,18,19)/t12-,13-/m1/s1. The molecule has 3 nitrogen and oxygen atoms in total.